The number of phenolic OH excluding ortho intramolecular Hbond substituents is 1. The third-order valence-corrected chi connectivity index (χ3v) is 9.87. The highest BCUT2D eigenvalue weighted by Gasteiger charge is 2.47. The van der Waals surface area contributed by atoms with Crippen LogP contribution in [0.1, 0.15) is 51.3 Å². The van der Waals surface area contributed by atoms with Crippen LogP contribution in [0, 0.1) is 11.2 Å². The molecule has 2 aliphatic rings. The van der Waals surface area contributed by atoms with E-state index in [1.807, 2.05) is 20.8 Å². The largest absolute Gasteiger partial charge is 0.506 e. The topological polar surface area (TPSA) is 105 Å². The first-order valence-corrected chi connectivity index (χ1v) is 16.1. The van der Waals surface area contributed by atoms with Crippen molar-refractivity contribution in [3.8, 4) is 17.2 Å². The number of nitrogens with one attached hydrogen (secondary N) is 1. The molecule has 0 radical (unpaired) electrons. The molecule has 5 rings (SSSR count). The van der Waals surface area contributed by atoms with Gasteiger partial charge in [0, 0.05) is 22.9 Å². The van der Waals surface area contributed by atoms with Gasteiger partial charge in [-0.1, -0.05) is 44.7 Å². The van der Waals surface area contributed by atoms with E-state index < -0.39 is 33.0 Å². The summed E-state index contributed by atoms with van der Waals surface area (Å²) in [4.78, 5) is 15.7. The maximum atomic E-state index is 16.2. The Hall–Kier alpha value is -4.31. The Morgan fingerprint density at radius 3 is 2.59 bits per heavy atom. The number of carbonyl (C=O) groups excluding carboxylic acids is 1. The highest BCUT2D eigenvalue weighted by molar-refractivity contribution is 7.95. The molecule has 0 unspecified atom stereocenters. The molecule has 232 valence electrons. The number of benzene rings is 3. The van der Waals surface area contributed by atoms with Crippen LogP contribution in [0.4, 0.5) is 15.8 Å². The van der Waals surface area contributed by atoms with Gasteiger partial charge in [0.25, 0.3) is 0 Å². The van der Waals surface area contributed by atoms with Gasteiger partial charge in [-0.3, -0.25) is 9.69 Å². The molecule has 0 saturated carbocycles. The number of ether oxygens (including phenoxy) is 2. The van der Waals surface area contributed by atoms with Crippen LogP contribution in [0.2, 0.25) is 0 Å². The summed E-state index contributed by atoms with van der Waals surface area (Å²) >= 11 is 0. The first kappa shape index (κ1) is 31.1. The number of phenols is 1. The van der Waals surface area contributed by atoms with Crippen LogP contribution in [-0.4, -0.2) is 38.4 Å². The van der Waals surface area contributed by atoms with Crippen LogP contribution in [-0.2, 0) is 21.1 Å². The van der Waals surface area contributed by atoms with E-state index in [4.69, 9.17) is 9.47 Å². The lowest BCUT2D eigenvalue weighted by Crippen LogP contribution is -2.42. The minimum absolute atomic E-state index is 0.0205. The Morgan fingerprint density at radius 2 is 1.89 bits per heavy atom. The second kappa shape index (κ2) is 12.0. The van der Waals surface area contributed by atoms with Crippen LogP contribution in [0.3, 0.4) is 0 Å². The van der Waals surface area contributed by atoms with E-state index in [-0.39, 0.29) is 52.1 Å². The standard InChI is InChI=1S/C34H37FN2O6S/c1-6-42-29-13-8-7-10-22(29)16-30(39)37-27-11-9-12-28(38)31(27)36-26-18-34(4,5)20-44(40,41)33(26)32(37)24-15-14-23(17-25(24)35)43-19-21(2)3/h7-15,17,32,36,38H,2,6,16,18-20H2,1,3-5H3/t32-/m0/s1. The first-order valence-electron chi connectivity index (χ1n) is 14.5. The van der Waals surface area contributed by atoms with Crippen LogP contribution >= 0.6 is 0 Å². The lowest BCUT2D eigenvalue weighted by atomic mass is 9.88. The third-order valence-electron chi connectivity index (χ3n) is 7.57. The Bertz CT molecular complexity index is 1760. The summed E-state index contributed by atoms with van der Waals surface area (Å²) in [7, 11) is -4.04. The van der Waals surface area contributed by atoms with E-state index in [9.17, 15) is 18.3 Å². The molecule has 0 fully saturated rings. The number of aromatic hydroxyl groups is 1. The van der Waals surface area contributed by atoms with Gasteiger partial charge in [-0.2, -0.15) is 0 Å². The first-order chi connectivity index (χ1) is 20.8. The number of allylic oxidation sites excluding steroid dienone is 1. The normalized spacial score (nSPS) is 18.4. The summed E-state index contributed by atoms with van der Waals surface area (Å²) < 4.78 is 55.9. The number of rotatable bonds is 8. The predicted molar refractivity (Wildman–Crippen MR) is 169 cm³/mol. The van der Waals surface area contributed by atoms with Gasteiger partial charge in [0.2, 0.25) is 5.91 Å². The van der Waals surface area contributed by atoms with Gasteiger partial charge in [-0.25, -0.2) is 12.8 Å². The molecule has 3 aromatic carbocycles. The van der Waals surface area contributed by atoms with Gasteiger partial charge in [0.05, 0.1) is 29.4 Å². The quantitative estimate of drug-likeness (QED) is 0.214. The van der Waals surface area contributed by atoms with Crippen LogP contribution in [0.5, 0.6) is 17.2 Å². The fourth-order valence-corrected chi connectivity index (χ4v) is 8.24. The molecule has 1 atom stereocenters. The molecular formula is C34H37FN2O6S. The molecule has 0 spiro atoms. The number of para-hydroxylation sites is 2. The number of carbonyl (C=O) groups is 1. The highest BCUT2D eigenvalue weighted by Crippen LogP contribution is 2.51. The number of halogens is 1. The van der Waals surface area contributed by atoms with Gasteiger partial charge in [-0.05, 0) is 61.6 Å². The number of amides is 1. The fraction of sp³-hybridized carbons (Fsp3) is 0.324. The van der Waals surface area contributed by atoms with Crippen molar-refractivity contribution < 1.29 is 32.2 Å². The van der Waals surface area contributed by atoms with Crippen molar-refractivity contribution >= 4 is 27.1 Å². The molecule has 1 amide bonds. The Labute approximate surface area is 257 Å². The van der Waals surface area contributed by atoms with Crippen LogP contribution in [0.15, 0.2) is 83.4 Å². The van der Waals surface area contributed by atoms with E-state index >= 15 is 4.39 Å². The molecule has 44 heavy (non-hydrogen) atoms. The number of nitrogens with zero attached hydrogens (tertiary/aromatic N) is 1. The number of hydrogen-bond donors (Lipinski definition) is 2. The minimum atomic E-state index is -4.04. The molecule has 0 saturated heterocycles. The van der Waals surface area contributed by atoms with Gasteiger partial charge in [0.15, 0.2) is 9.84 Å². The van der Waals surface area contributed by atoms with Gasteiger partial charge in [-0.15, -0.1) is 0 Å². The summed E-state index contributed by atoms with van der Waals surface area (Å²) in [6.45, 7) is 11.7. The zero-order chi connectivity index (χ0) is 31.8. The SMILES string of the molecule is C=C(C)COc1ccc([C@H]2C3=C(CC(C)(C)CS3(=O)=O)Nc3c(O)cccc3N2C(=O)Cc2ccccc2OCC)c(F)c1. The number of anilines is 2. The zero-order valence-electron chi connectivity index (χ0n) is 25.3. The van der Waals surface area contributed by atoms with E-state index in [0.29, 0.717) is 30.0 Å². The average molecular weight is 621 g/mol. The fourth-order valence-electron chi connectivity index (χ4n) is 5.88. The van der Waals surface area contributed by atoms with Crippen LogP contribution < -0.4 is 19.7 Å². The third kappa shape index (κ3) is 6.17. The van der Waals surface area contributed by atoms with Gasteiger partial charge >= 0.3 is 0 Å². The minimum Gasteiger partial charge on any atom is -0.506 e. The monoisotopic (exact) mass is 620 g/mol. The molecule has 0 aromatic heterocycles. The van der Waals surface area contributed by atoms with Crippen molar-refractivity contribution in [2.75, 3.05) is 29.2 Å². The van der Waals surface area contributed by atoms with Crippen LogP contribution in [0.25, 0.3) is 0 Å². The van der Waals surface area contributed by atoms with Gasteiger partial charge < -0.3 is 19.9 Å². The maximum absolute atomic E-state index is 16.2. The summed E-state index contributed by atoms with van der Waals surface area (Å²) in [6, 6.07) is 14.5. The molecule has 2 N–H and O–H groups in total. The highest BCUT2D eigenvalue weighted by atomic mass is 32.2. The Morgan fingerprint density at radius 1 is 1.14 bits per heavy atom. The second-order valence-corrected chi connectivity index (χ2v) is 14.0. The Balaban J connectivity index is 1.76. The molecule has 2 aliphatic heterocycles. The summed E-state index contributed by atoms with van der Waals surface area (Å²) in [5.41, 5.74) is 1.35. The van der Waals surface area contributed by atoms with Crippen molar-refractivity contribution in [3.63, 3.8) is 0 Å². The molecule has 2 heterocycles. The van der Waals surface area contributed by atoms with Crippen molar-refractivity contribution in [2.45, 2.75) is 46.6 Å². The molecule has 0 aliphatic carbocycles. The van der Waals surface area contributed by atoms with E-state index in [2.05, 4.69) is 11.9 Å². The Kier molecular flexibility index (Phi) is 8.49. The number of hydrogen-bond acceptors (Lipinski definition) is 7. The maximum Gasteiger partial charge on any atom is 0.232 e. The van der Waals surface area contributed by atoms with Crippen molar-refractivity contribution in [1.29, 1.82) is 0 Å². The van der Waals surface area contributed by atoms with E-state index in [0.717, 1.165) is 5.57 Å². The smallest absolute Gasteiger partial charge is 0.232 e. The van der Waals surface area contributed by atoms with E-state index in [1.165, 1.54) is 23.1 Å². The molecule has 0 bridgehead atoms. The van der Waals surface area contributed by atoms with Crippen molar-refractivity contribution in [3.05, 3.63) is 100 Å². The summed E-state index contributed by atoms with van der Waals surface area (Å²) in [6.07, 6.45) is 0.125. The second-order valence-electron chi connectivity index (χ2n) is 12.1. The van der Waals surface area contributed by atoms with Gasteiger partial charge in [0.1, 0.15) is 41.4 Å². The van der Waals surface area contributed by atoms with E-state index in [1.54, 1.807) is 49.4 Å². The zero-order valence-corrected chi connectivity index (χ0v) is 26.1. The van der Waals surface area contributed by atoms with Crippen molar-refractivity contribution in [1.82, 2.24) is 0 Å². The molecule has 3 aromatic rings. The lowest BCUT2D eigenvalue weighted by molar-refractivity contribution is -0.118. The average Bonchev–Trinajstić information content (AvgIpc) is 3.07. The summed E-state index contributed by atoms with van der Waals surface area (Å²) in [5.74, 6) is -0.864. The summed E-state index contributed by atoms with van der Waals surface area (Å²) in [5, 5.41) is 14.2. The van der Waals surface area contributed by atoms with Crippen molar-refractivity contribution in [2.24, 2.45) is 5.41 Å². The molecule has 8 nitrogen and oxygen atoms in total. The number of fused-ring (bicyclic) bond motifs is 1. The molecule has 10 heteroatoms. The molecular weight excluding hydrogens is 583 g/mol. The predicted octanol–water partition coefficient (Wildman–Crippen LogP) is 6.68. The lowest BCUT2D eigenvalue weighted by Gasteiger charge is -2.37. The number of sulfone groups is 1.